The molecule has 0 aliphatic heterocycles. The number of hydrogen-bond acceptors (Lipinski definition) is 3. The van der Waals surface area contributed by atoms with Gasteiger partial charge in [-0.3, -0.25) is 9.59 Å². The van der Waals surface area contributed by atoms with Gasteiger partial charge in [-0.05, 0) is 37.6 Å². The highest BCUT2D eigenvalue weighted by Gasteiger charge is 2.17. The van der Waals surface area contributed by atoms with Gasteiger partial charge in [0.15, 0.2) is 0 Å². The van der Waals surface area contributed by atoms with E-state index in [0.29, 0.717) is 5.75 Å². The number of carboxylic acids is 1. The van der Waals surface area contributed by atoms with Crippen molar-refractivity contribution in [2.75, 3.05) is 13.7 Å². The Balaban J connectivity index is 2.80. The van der Waals surface area contributed by atoms with E-state index < -0.39 is 5.97 Å². The van der Waals surface area contributed by atoms with Crippen molar-refractivity contribution in [2.45, 2.75) is 19.9 Å². The quantitative estimate of drug-likeness (QED) is 0.808. The first-order valence-electron chi connectivity index (χ1n) is 6.28. The Labute approximate surface area is 118 Å². The van der Waals surface area contributed by atoms with Crippen molar-refractivity contribution >= 4 is 18.0 Å². The fourth-order valence-electron chi connectivity index (χ4n) is 1.67. The zero-order chi connectivity index (χ0) is 15.1. The molecule has 0 aromatic heterocycles. The van der Waals surface area contributed by atoms with Gasteiger partial charge in [0.25, 0.3) is 0 Å². The first-order valence-corrected chi connectivity index (χ1v) is 6.28. The van der Waals surface area contributed by atoms with Gasteiger partial charge >= 0.3 is 5.97 Å². The third-order valence-electron chi connectivity index (χ3n) is 2.72. The van der Waals surface area contributed by atoms with Crippen molar-refractivity contribution in [3.05, 3.63) is 35.9 Å². The maximum absolute atomic E-state index is 12.0. The van der Waals surface area contributed by atoms with Crippen LogP contribution in [0.4, 0.5) is 0 Å². The van der Waals surface area contributed by atoms with Crippen LogP contribution in [0.25, 0.3) is 6.08 Å². The van der Waals surface area contributed by atoms with Crippen LogP contribution < -0.4 is 4.74 Å². The fraction of sp³-hybridized carbons (Fsp3) is 0.333. The highest BCUT2D eigenvalue weighted by molar-refractivity contribution is 5.93. The van der Waals surface area contributed by atoms with Crippen molar-refractivity contribution in [1.29, 1.82) is 0 Å². The predicted molar refractivity (Wildman–Crippen MR) is 76.5 cm³/mol. The summed E-state index contributed by atoms with van der Waals surface area (Å²) in [6, 6.07) is 7.09. The van der Waals surface area contributed by atoms with Gasteiger partial charge in [-0.1, -0.05) is 12.1 Å². The fourth-order valence-corrected chi connectivity index (χ4v) is 1.67. The summed E-state index contributed by atoms with van der Waals surface area (Å²) in [4.78, 5) is 24.0. The SMILES string of the molecule is COc1cccc(/C=C/C(=O)N(CC(=O)O)C(C)C)c1. The Morgan fingerprint density at radius 3 is 2.65 bits per heavy atom. The molecule has 0 saturated carbocycles. The zero-order valence-corrected chi connectivity index (χ0v) is 11.9. The monoisotopic (exact) mass is 277 g/mol. The van der Waals surface area contributed by atoms with E-state index in [9.17, 15) is 9.59 Å². The van der Waals surface area contributed by atoms with Gasteiger partial charge in [-0.25, -0.2) is 0 Å². The van der Waals surface area contributed by atoms with Crippen molar-refractivity contribution in [2.24, 2.45) is 0 Å². The highest BCUT2D eigenvalue weighted by atomic mass is 16.5. The standard InChI is InChI=1S/C15H19NO4/c1-11(2)16(10-15(18)19)14(17)8-7-12-5-4-6-13(9-12)20-3/h4-9,11H,10H2,1-3H3,(H,18,19)/b8-7+. The van der Waals surface area contributed by atoms with E-state index in [4.69, 9.17) is 9.84 Å². The molecule has 1 amide bonds. The van der Waals surface area contributed by atoms with Crippen LogP contribution >= 0.6 is 0 Å². The van der Waals surface area contributed by atoms with E-state index >= 15 is 0 Å². The van der Waals surface area contributed by atoms with Gasteiger partial charge in [0.05, 0.1) is 7.11 Å². The summed E-state index contributed by atoms with van der Waals surface area (Å²) >= 11 is 0. The average molecular weight is 277 g/mol. The predicted octanol–water partition coefficient (Wildman–Crippen LogP) is 2.03. The Morgan fingerprint density at radius 2 is 2.10 bits per heavy atom. The summed E-state index contributed by atoms with van der Waals surface area (Å²) in [5, 5.41) is 8.80. The number of carbonyl (C=O) groups excluding carboxylic acids is 1. The number of aliphatic carboxylic acids is 1. The molecule has 1 N–H and O–H groups in total. The van der Waals surface area contributed by atoms with Crippen LogP contribution in [0.2, 0.25) is 0 Å². The van der Waals surface area contributed by atoms with Crippen molar-refractivity contribution in [3.8, 4) is 5.75 Å². The Morgan fingerprint density at radius 1 is 1.40 bits per heavy atom. The minimum Gasteiger partial charge on any atom is -0.497 e. The average Bonchev–Trinajstić information content (AvgIpc) is 2.42. The minimum atomic E-state index is -1.03. The lowest BCUT2D eigenvalue weighted by Gasteiger charge is -2.23. The second-order valence-corrected chi connectivity index (χ2v) is 4.56. The second-order valence-electron chi connectivity index (χ2n) is 4.56. The number of ether oxygens (including phenoxy) is 1. The van der Waals surface area contributed by atoms with E-state index in [-0.39, 0.29) is 18.5 Å². The molecule has 5 heteroatoms. The van der Waals surface area contributed by atoms with Gasteiger partial charge in [-0.2, -0.15) is 0 Å². The van der Waals surface area contributed by atoms with Crippen LogP contribution in [-0.4, -0.2) is 41.6 Å². The van der Waals surface area contributed by atoms with Crippen LogP contribution in [0.5, 0.6) is 5.75 Å². The highest BCUT2D eigenvalue weighted by Crippen LogP contribution is 2.14. The van der Waals surface area contributed by atoms with Crippen molar-refractivity contribution in [3.63, 3.8) is 0 Å². The van der Waals surface area contributed by atoms with Crippen molar-refractivity contribution in [1.82, 2.24) is 4.90 Å². The van der Waals surface area contributed by atoms with Gasteiger partial charge in [0.2, 0.25) is 5.91 Å². The molecule has 1 aromatic rings. The lowest BCUT2D eigenvalue weighted by Crippen LogP contribution is -2.39. The number of amides is 1. The van der Waals surface area contributed by atoms with Gasteiger partial charge in [0.1, 0.15) is 12.3 Å². The van der Waals surface area contributed by atoms with Gasteiger partial charge < -0.3 is 14.7 Å². The normalized spacial score (nSPS) is 10.8. The summed E-state index contributed by atoms with van der Waals surface area (Å²) in [7, 11) is 1.57. The molecule has 1 aromatic carbocycles. The molecule has 0 heterocycles. The van der Waals surface area contributed by atoms with Crippen LogP contribution in [0, 0.1) is 0 Å². The van der Waals surface area contributed by atoms with Crippen LogP contribution in [0.1, 0.15) is 19.4 Å². The molecular formula is C15H19NO4. The lowest BCUT2D eigenvalue weighted by molar-refractivity contribution is -0.143. The zero-order valence-electron chi connectivity index (χ0n) is 11.9. The van der Waals surface area contributed by atoms with E-state index in [1.165, 1.54) is 11.0 Å². The third-order valence-corrected chi connectivity index (χ3v) is 2.72. The van der Waals surface area contributed by atoms with Gasteiger partial charge in [0, 0.05) is 12.1 Å². The molecule has 0 spiro atoms. The molecule has 0 bridgehead atoms. The molecule has 0 radical (unpaired) electrons. The Hall–Kier alpha value is -2.30. The Kier molecular flexibility index (Phi) is 5.77. The summed E-state index contributed by atoms with van der Waals surface area (Å²) in [6.45, 7) is 3.25. The first-order chi connectivity index (χ1) is 9.43. The number of rotatable bonds is 6. The molecule has 0 unspecified atom stereocenters. The van der Waals surface area contributed by atoms with Gasteiger partial charge in [-0.15, -0.1) is 0 Å². The van der Waals surface area contributed by atoms with Crippen molar-refractivity contribution < 1.29 is 19.4 Å². The molecule has 0 fully saturated rings. The number of nitrogens with zero attached hydrogens (tertiary/aromatic N) is 1. The molecule has 0 saturated heterocycles. The topological polar surface area (TPSA) is 66.8 Å². The van der Waals surface area contributed by atoms with E-state index in [0.717, 1.165) is 5.56 Å². The third kappa shape index (κ3) is 4.76. The smallest absolute Gasteiger partial charge is 0.323 e. The molecule has 0 aliphatic rings. The minimum absolute atomic E-state index is 0.173. The summed E-state index contributed by atoms with van der Waals surface area (Å²) in [5.41, 5.74) is 0.816. The molecule has 5 nitrogen and oxygen atoms in total. The molecule has 0 aliphatic carbocycles. The number of carbonyl (C=O) groups is 2. The lowest BCUT2D eigenvalue weighted by atomic mass is 10.2. The summed E-state index contributed by atoms with van der Waals surface area (Å²) in [5.74, 6) is -0.655. The second kappa shape index (κ2) is 7.33. The molecule has 20 heavy (non-hydrogen) atoms. The summed E-state index contributed by atoms with van der Waals surface area (Å²) < 4.78 is 5.09. The molecule has 0 atom stereocenters. The van der Waals surface area contributed by atoms with E-state index in [1.54, 1.807) is 33.1 Å². The molecule has 1 rings (SSSR count). The van der Waals surface area contributed by atoms with Crippen LogP contribution in [0.15, 0.2) is 30.3 Å². The van der Waals surface area contributed by atoms with Crippen LogP contribution in [-0.2, 0) is 9.59 Å². The maximum Gasteiger partial charge on any atom is 0.323 e. The number of methoxy groups -OCH3 is 1. The first kappa shape index (κ1) is 15.8. The number of benzene rings is 1. The summed E-state index contributed by atoms with van der Waals surface area (Å²) in [6.07, 6.45) is 3.01. The largest absolute Gasteiger partial charge is 0.497 e. The van der Waals surface area contributed by atoms with E-state index in [1.807, 2.05) is 18.2 Å². The molecule has 108 valence electrons. The van der Waals surface area contributed by atoms with E-state index in [2.05, 4.69) is 0 Å². The maximum atomic E-state index is 12.0. The Bertz CT molecular complexity index is 508. The number of hydrogen-bond donors (Lipinski definition) is 1. The van der Waals surface area contributed by atoms with Crippen LogP contribution in [0.3, 0.4) is 0 Å². The number of carboxylic acid groups (broad SMARTS) is 1. The molecular weight excluding hydrogens is 258 g/mol.